The van der Waals surface area contributed by atoms with Gasteiger partial charge in [-0.15, -0.1) is 0 Å². The molecule has 0 saturated carbocycles. The van der Waals surface area contributed by atoms with E-state index in [1.54, 1.807) is 24.5 Å². The Bertz CT molecular complexity index is 833. The van der Waals surface area contributed by atoms with Crippen molar-refractivity contribution >= 4 is 22.4 Å². The first-order chi connectivity index (χ1) is 11.1. The van der Waals surface area contributed by atoms with Gasteiger partial charge in [-0.05, 0) is 41.3 Å². The molecule has 0 aliphatic carbocycles. The van der Waals surface area contributed by atoms with Gasteiger partial charge in [-0.25, -0.2) is 4.39 Å². The summed E-state index contributed by atoms with van der Waals surface area (Å²) >= 11 is 0. The number of fused-ring (bicyclic) bond motifs is 1. The summed E-state index contributed by atoms with van der Waals surface area (Å²) in [5.74, 6) is -0.508. The molecule has 116 valence electrons. The zero-order valence-corrected chi connectivity index (χ0v) is 12.4. The van der Waals surface area contributed by atoms with E-state index in [9.17, 15) is 9.18 Å². The molecule has 5 heteroatoms. The van der Waals surface area contributed by atoms with Gasteiger partial charge in [-0.2, -0.15) is 0 Å². The van der Waals surface area contributed by atoms with Crippen molar-refractivity contribution in [2.45, 2.75) is 12.5 Å². The van der Waals surface area contributed by atoms with Crippen LogP contribution in [0.25, 0.3) is 10.8 Å². The van der Waals surface area contributed by atoms with Gasteiger partial charge in [0.25, 0.3) is 0 Å². The Morgan fingerprint density at radius 1 is 1.13 bits per heavy atom. The summed E-state index contributed by atoms with van der Waals surface area (Å²) in [4.78, 5) is 16.2. The highest BCUT2D eigenvalue weighted by molar-refractivity contribution is 5.94. The maximum atomic E-state index is 12.9. The number of rotatable bonds is 4. The average molecular weight is 309 g/mol. The fourth-order valence-electron chi connectivity index (χ4n) is 2.40. The van der Waals surface area contributed by atoms with Crippen molar-refractivity contribution in [1.29, 1.82) is 0 Å². The van der Waals surface area contributed by atoms with Gasteiger partial charge in [0.05, 0.1) is 0 Å². The fourth-order valence-corrected chi connectivity index (χ4v) is 2.40. The summed E-state index contributed by atoms with van der Waals surface area (Å²) in [6, 6.07) is 12.9. The number of halogens is 1. The third-order valence-electron chi connectivity index (χ3n) is 3.63. The predicted molar refractivity (Wildman–Crippen MR) is 88.3 cm³/mol. The molecule has 1 unspecified atom stereocenters. The van der Waals surface area contributed by atoms with Crippen LogP contribution in [-0.4, -0.2) is 10.9 Å². The van der Waals surface area contributed by atoms with E-state index in [0.29, 0.717) is 5.69 Å². The highest BCUT2D eigenvalue weighted by Crippen LogP contribution is 2.19. The SMILES string of the molecule is NC(CC(=O)Nc1ccc2cnccc2c1)c1ccc(F)cc1. The number of amides is 1. The molecule has 1 atom stereocenters. The molecule has 1 amide bonds. The minimum absolute atomic E-state index is 0.125. The molecule has 0 fully saturated rings. The van der Waals surface area contributed by atoms with E-state index in [4.69, 9.17) is 5.73 Å². The lowest BCUT2D eigenvalue weighted by molar-refractivity contribution is -0.116. The standard InChI is InChI=1S/C18H16FN3O/c19-15-4-1-12(2-5-15)17(20)10-18(23)22-16-6-3-14-11-21-8-7-13(14)9-16/h1-9,11,17H,10,20H2,(H,22,23). The van der Waals surface area contributed by atoms with Crippen LogP contribution in [0.2, 0.25) is 0 Å². The summed E-state index contributed by atoms with van der Waals surface area (Å²) < 4.78 is 12.9. The maximum Gasteiger partial charge on any atom is 0.226 e. The third-order valence-corrected chi connectivity index (χ3v) is 3.63. The lowest BCUT2D eigenvalue weighted by Crippen LogP contribution is -2.20. The Balaban J connectivity index is 1.67. The Morgan fingerprint density at radius 2 is 1.91 bits per heavy atom. The molecule has 3 N–H and O–H groups in total. The molecule has 0 bridgehead atoms. The lowest BCUT2D eigenvalue weighted by atomic mass is 10.0. The Labute approximate surface area is 133 Å². The predicted octanol–water partition coefficient (Wildman–Crippen LogP) is 3.40. The topological polar surface area (TPSA) is 68.0 Å². The van der Waals surface area contributed by atoms with Crippen LogP contribution in [0.1, 0.15) is 18.0 Å². The van der Waals surface area contributed by atoms with Crippen molar-refractivity contribution in [1.82, 2.24) is 4.98 Å². The smallest absolute Gasteiger partial charge is 0.226 e. The summed E-state index contributed by atoms with van der Waals surface area (Å²) in [6.07, 6.45) is 3.60. The third kappa shape index (κ3) is 3.70. The average Bonchev–Trinajstić information content (AvgIpc) is 2.55. The number of nitrogens with zero attached hydrogens (tertiary/aromatic N) is 1. The van der Waals surface area contributed by atoms with Crippen LogP contribution < -0.4 is 11.1 Å². The molecule has 2 aromatic carbocycles. The van der Waals surface area contributed by atoms with Crippen LogP contribution in [-0.2, 0) is 4.79 Å². The zero-order chi connectivity index (χ0) is 16.2. The Kier molecular flexibility index (Phi) is 4.30. The number of aromatic nitrogens is 1. The van der Waals surface area contributed by atoms with Gasteiger partial charge in [-0.3, -0.25) is 9.78 Å². The molecule has 1 aromatic heterocycles. The van der Waals surface area contributed by atoms with E-state index < -0.39 is 6.04 Å². The van der Waals surface area contributed by atoms with Gasteiger partial charge in [0.15, 0.2) is 0 Å². The van der Waals surface area contributed by atoms with Gasteiger partial charge < -0.3 is 11.1 Å². The van der Waals surface area contributed by atoms with Gasteiger partial charge in [-0.1, -0.05) is 18.2 Å². The first-order valence-corrected chi connectivity index (χ1v) is 7.26. The quantitative estimate of drug-likeness (QED) is 0.776. The van der Waals surface area contributed by atoms with Crippen LogP contribution in [0.5, 0.6) is 0 Å². The largest absolute Gasteiger partial charge is 0.326 e. The number of nitrogens with two attached hydrogens (primary N) is 1. The summed E-state index contributed by atoms with van der Waals surface area (Å²) in [5, 5.41) is 4.84. The zero-order valence-electron chi connectivity index (χ0n) is 12.4. The van der Waals surface area contributed by atoms with Gasteiger partial charge >= 0.3 is 0 Å². The second kappa shape index (κ2) is 6.54. The van der Waals surface area contributed by atoms with Crippen LogP contribution >= 0.6 is 0 Å². The molecule has 0 aliphatic rings. The van der Waals surface area contributed by atoms with Gasteiger partial charge in [0.2, 0.25) is 5.91 Å². The Morgan fingerprint density at radius 3 is 2.70 bits per heavy atom. The first-order valence-electron chi connectivity index (χ1n) is 7.26. The molecular weight excluding hydrogens is 293 g/mol. The number of carbonyl (C=O) groups is 1. The molecule has 1 heterocycles. The molecule has 0 saturated heterocycles. The van der Waals surface area contributed by atoms with Crippen LogP contribution in [0.4, 0.5) is 10.1 Å². The second-order valence-corrected chi connectivity index (χ2v) is 5.35. The monoisotopic (exact) mass is 309 g/mol. The normalized spacial score (nSPS) is 12.1. The van der Waals surface area contributed by atoms with Crippen molar-refractivity contribution in [2.75, 3.05) is 5.32 Å². The Hall–Kier alpha value is -2.79. The molecule has 3 rings (SSSR count). The van der Waals surface area contributed by atoms with E-state index >= 15 is 0 Å². The van der Waals surface area contributed by atoms with Crippen molar-refractivity contribution in [3.05, 3.63) is 72.3 Å². The van der Waals surface area contributed by atoms with Crippen LogP contribution in [0, 0.1) is 5.82 Å². The fraction of sp³-hybridized carbons (Fsp3) is 0.111. The molecule has 4 nitrogen and oxygen atoms in total. The van der Waals surface area contributed by atoms with E-state index in [-0.39, 0.29) is 18.1 Å². The number of carbonyl (C=O) groups excluding carboxylic acids is 1. The van der Waals surface area contributed by atoms with E-state index in [1.807, 2.05) is 24.3 Å². The minimum atomic E-state index is -0.472. The minimum Gasteiger partial charge on any atom is -0.326 e. The summed E-state index contributed by atoms with van der Waals surface area (Å²) in [5.41, 5.74) is 7.43. The second-order valence-electron chi connectivity index (χ2n) is 5.35. The van der Waals surface area contributed by atoms with E-state index in [1.165, 1.54) is 12.1 Å². The number of anilines is 1. The van der Waals surface area contributed by atoms with Crippen LogP contribution in [0.15, 0.2) is 60.9 Å². The number of benzene rings is 2. The summed E-state index contributed by atoms with van der Waals surface area (Å²) in [6.45, 7) is 0. The number of pyridine rings is 1. The van der Waals surface area contributed by atoms with Crippen molar-refractivity contribution < 1.29 is 9.18 Å². The maximum absolute atomic E-state index is 12.9. The van der Waals surface area contributed by atoms with Crippen molar-refractivity contribution in [2.24, 2.45) is 5.73 Å². The van der Waals surface area contributed by atoms with E-state index in [0.717, 1.165) is 16.3 Å². The molecular formula is C18H16FN3O. The number of hydrogen-bond acceptors (Lipinski definition) is 3. The highest BCUT2D eigenvalue weighted by Gasteiger charge is 2.12. The highest BCUT2D eigenvalue weighted by atomic mass is 19.1. The molecule has 0 aliphatic heterocycles. The number of nitrogens with one attached hydrogen (secondary N) is 1. The summed E-state index contributed by atoms with van der Waals surface area (Å²) in [7, 11) is 0. The van der Waals surface area contributed by atoms with Gasteiger partial charge in [0.1, 0.15) is 5.82 Å². The first kappa shape index (κ1) is 15.1. The number of hydrogen-bond donors (Lipinski definition) is 2. The van der Waals surface area contributed by atoms with Gasteiger partial charge in [0, 0.05) is 35.9 Å². The lowest BCUT2D eigenvalue weighted by Gasteiger charge is -2.12. The molecule has 0 spiro atoms. The molecule has 23 heavy (non-hydrogen) atoms. The van der Waals surface area contributed by atoms with Crippen molar-refractivity contribution in [3.8, 4) is 0 Å². The molecule has 0 radical (unpaired) electrons. The van der Waals surface area contributed by atoms with E-state index in [2.05, 4.69) is 10.3 Å². The van der Waals surface area contributed by atoms with Crippen molar-refractivity contribution in [3.63, 3.8) is 0 Å². The van der Waals surface area contributed by atoms with Crippen LogP contribution in [0.3, 0.4) is 0 Å². The molecule has 3 aromatic rings.